The lowest BCUT2D eigenvalue weighted by atomic mass is 10.2. The Labute approximate surface area is 71.4 Å². The highest BCUT2D eigenvalue weighted by Gasteiger charge is 2.32. The van der Waals surface area contributed by atoms with Gasteiger partial charge in [0.05, 0.1) is 17.5 Å². The molecule has 0 saturated carbocycles. The molecule has 1 heterocycles. The predicted octanol–water partition coefficient (Wildman–Crippen LogP) is -1.10. The number of amides is 1. The third kappa shape index (κ3) is 1.95. The molecule has 1 unspecified atom stereocenters. The molecule has 0 aromatic carbocycles. The lowest BCUT2D eigenvalue weighted by Gasteiger charge is -2.20. The number of hydrogen-bond acceptors (Lipinski definition) is 4. The summed E-state index contributed by atoms with van der Waals surface area (Å²) in [6.45, 7) is 1.32. The second-order valence-corrected chi connectivity index (χ2v) is 5.21. The Kier molecular flexibility index (Phi) is 2.39. The third-order valence-corrected chi connectivity index (χ3v) is 3.72. The van der Waals surface area contributed by atoms with E-state index in [1.54, 1.807) is 0 Å². The molecule has 0 aromatic heterocycles. The Morgan fingerprint density at radius 1 is 1.58 bits per heavy atom. The lowest BCUT2D eigenvalue weighted by molar-refractivity contribution is -0.130. The summed E-state index contributed by atoms with van der Waals surface area (Å²) in [5.41, 5.74) is 0. The van der Waals surface area contributed by atoms with Crippen LogP contribution in [0.1, 0.15) is 13.3 Å². The standard InChI is InChI=1S/C6H12N2O3S/c1-5(9)8(7)6-2-3-12(10,11)4-6/h6H,2-4,7H2,1H3. The van der Waals surface area contributed by atoms with Gasteiger partial charge in [-0.25, -0.2) is 14.3 Å². The fourth-order valence-corrected chi connectivity index (χ4v) is 2.96. The molecule has 0 radical (unpaired) electrons. The van der Waals surface area contributed by atoms with Gasteiger partial charge in [0, 0.05) is 6.92 Å². The van der Waals surface area contributed by atoms with Crippen LogP contribution in [0, 0.1) is 0 Å². The van der Waals surface area contributed by atoms with E-state index >= 15 is 0 Å². The molecular weight excluding hydrogens is 180 g/mol. The van der Waals surface area contributed by atoms with E-state index in [9.17, 15) is 13.2 Å². The molecule has 1 atom stereocenters. The van der Waals surface area contributed by atoms with E-state index in [1.165, 1.54) is 6.92 Å². The van der Waals surface area contributed by atoms with Crippen LogP contribution in [0.4, 0.5) is 0 Å². The predicted molar refractivity (Wildman–Crippen MR) is 43.8 cm³/mol. The molecule has 0 aromatic rings. The molecule has 0 aliphatic carbocycles. The zero-order chi connectivity index (χ0) is 9.35. The first kappa shape index (κ1) is 9.47. The monoisotopic (exact) mass is 192 g/mol. The molecule has 5 nitrogen and oxygen atoms in total. The van der Waals surface area contributed by atoms with Crippen molar-refractivity contribution in [2.24, 2.45) is 5.84 Å². The summed E-state index contributed by atoms with van der Waals surface area (Å²) in [7, 11) is -2.95. The normalized spacial score (nSPS) is 27.0. The Bertz CT molecular complexity index is 285. The first-order chi connectivity index (χ1) is 5.42. The third-order valence-electron chi connectivity index (χ3n) is 1.97. The van der Waals surface area contributed by atoms with Crippen molar-refractivity contribution in [2.45, 2.75) is 19.4 Å². The van der Waals surface area contributed by atoms with Gasteiger partial charge < -0.3 is 0 Å². The molecular formula is C6H12N2O3S. The zero-order valence-electron chi connectivity index (χ0n) is 6.86. The maximum atomic E-state index is 11.0. The Hall–Kier alpha value is -0.620. The molecule has 1 aliphatic heterocycles. The number of nitrogens with zero attached hydrogens (tertiary/aromatic N) is 1. The number of carbonyl (C=O) groups is 1. The minimum absolute atomic E-state index is 0.00306. The number of rotatable bonds is 1. The van der Waals surface area contributed by atoms with Crippen molar-refractivity contribution in [1.82, 2.24) is 5.01 Å². The van der Waals surface area contributed by atoms with Crippen LogP contribution < -0.4 is 5.84 Å². The lowest BCUT2D eigenvalue weighted by Crippen LogP contribution is -2.44. The topological polar surface area (TPSA) is 80.5 Å². The first-order valence-electron chi connectivity index (χ1n) is 3.67. The number of hydrogen-bond donors (Lipinski definition) is 1. The fraction of sp³-hybridized carbons (Fsp3) is 0.833. The number of carbonyl (C=O) groups excluding carboxylic acids is 1. The average Bonchev–Trinajstić information content (AvgIpc) is 2.28. The first-order valence-corrected chi connectivity index (χ1v) is 5.49. The Balaban J connectivity index is 2.64. The maximum absolute atomic E-state index is 11.0. The Morgan fingerprint density at radius 2 is 2.17 bits per heavy atom. The molecule has 70 valence electrons. The smallest absolute Gasteiger partial charge is 0.233 e. The van der Waals surface area contributed by atoms with Crippen molar-refractivity contribution in [1.29, 1.82) is 0 Å². The second kappa shape index (κ2) is 3.02. The SMILES string of the molecule is CC(=O)N(N)C1CCS(=O)(=O)C1. The molecule has 12 heavy (non-hydrogen) atoms. The highest BCUT2D eigenvalue weighted by Crippen LogP contribution is 2.15. The van der Waals surface area contributed by atoms with Gasteiger partial charge >= 0.3 is 0 Å². The van der Waals surface area contributed by atoms with Gasteiger partial charge in [0.25, 0.3) is 0 Å². The van der Waals surface area contributed by atoms with Crippen LogP contribution in [0.2, 0.25) is 0 Å². The zero-order valence-corrected chi connectivity index (χ0v) is 7.67. The summed E-state index contributed by atoms with van der Waals surface area (Å²) in [6.07, 6.45) is 0.457. The van der Waals surface area contributed by atoms with Crippen LogP contribution in [-0.4, -0.2) is 36.9 Å². The summed E-state index contributed by atoms with van der Waals surface area (Å²) >= 11 is 0. The molecule has 1 aliphatic rings. The molecule has 6 heteroatoms. The molecule has 1 amide bonds. The van der Waals surface area contributed by atoms with Crippen LogP contribution in [0.15, 0.2) is 0 Å². The van der Waals surface area contributed by atoms with Crippen molar-refractivity contribution >= 4 is 15.7 Å². The van der Waals surface area contributed by atoms with E-state index in [4.69, 9.17) is 5.84 Å². The molecule has 1 rings (SSSR count). The van der Waals surface area contributed by atoms with E-state index in [0.29, 0.717) is 6.42 Å². The van der Waals surface area contributed by atoms with E-state index < -0.39 is 9.84 Å². The van der Waals surface area contributed by atoms with Crippen molar-refractivity contribution in [3.05, 3.63) is 0 Å². The van der Waals surface area contributed by atoms with Gasteiger partial charge in [-0.3, -0.25) is 9.80 Å². The van der Waals surface area contributed by atoms with Gasteiger partial charge in [-0.1, -0.05) is 0 Å². The molecule has 0 spiro atoms. The molecule has 1 fully saturated rings. The number of nitrogens with two attached hydrogens (primary N) is 1. The van der Waals surface area contributed by atoms with Gasteiger partial charge in [0.1, 0.15) is 0 Å². The van der Waals surface area contributed by atoms with E-state index in [0.717, 1.165) is 5.01 Å². The number of hydrazine groups is 1. The largest absolute Gasteiger partial charge is 0.277 e. The highest BCUT2D eigenvalue weighted by molar-refractivity contribution is 7.91. The quantitative estimate of drug-likeness (QED) is 0.325. The summed E-state index contributed by atoms with van der Waals surface area (Å²) in [6, 6.07) is -0.326. The van der Waals surface area contributed by atoms with Crippen molar-refractivity contribution in [2.75, 3.05) is 11.5 Å². The summed E-state index contributed by atoms with van der Waals surface area (Å²) in [5, 5.41) is 1.00. The summed E-state index contributed by atoms with van der Waals surface area (Å²) < 4.78 is 21.9. The van der Waals surface area contributed by atoms with Gasteiger partial charge in [0.15, 0.2) is 9.84 Å². The molecule has 0 bridgehead atoms. The van der Waals surface area contributed by atoms with Gasteiger partial charge in [-0.15, -0.1) is 0 Å². The molecule has 2 N–H and O–H groups in total. The van der Waals surface area contributed by atoms with Gasteiger partial charge in [-0.05, 0) is 6.42 Å². The van der Waals surface area contributed by atoms with E-state index in [2.05, 4.69) is 0 Å². The second-order valence-electron chi connectivity index (χ2n) is 2.98. The Morgan fingerprint density at radius 3 is 2.50 bits per heavy atom. The van der Waals surface area contributed by atoms with Crippen LogP contribution in [-0.2, 0) is 14.6 Å². The van der Waals surface area contributed by atoms with Crippen molar-refractivity contribution in [3.8, 4) is 0 Å². The number of sulfone groups is 1. The summed E-state index contributed by atoms with van der Waals surface area (Å²) in [4.78, 5) is 10.7. The highest BCUT2D eigenvalue weighted by atomic mass is 32.2. The van der Waals surface area contributed by atoms with Crippen LogP contribution >= 0.6 is 0 Å². The van der Waals surface area contributed by atoms with Crippen LogP contribution in [0.25, 0.3) is 0 Å². The minimum atomic E-state index is -2.95. The van der Waals surface area contributed by atoms with Gasteiger partial charge in [0.2, 0.25) is 5.91 Å². The minimum Gasteiger partial charge on any atom is -0.277 e. The maximum Gasteiger partial charge on any atom is 0.233 e. The summed E-state index contributed by atoms with van der Waals surface area (Å²) in [5.74, 6) is 5.21. The molecule has 1 saturated heterocycles. The van der Waals surface area contributed by atoms with Crippen molar-refractivity contribution in [3.63, 3.8) is 0 Å². The van der Waals surface area contributed by atoms with Gasteiger partial charge in [-0.2, -0.15) is 0 Å². The average molecular weight is 192 g/mol. The fourth-order valence-electron chi connectivity index (χ4n) is 1.25. The van der Waals surface area contributed by atoms with Crippen LogP contribution in [0.5, 0.6) is 0 Å². The van der Waals surface area contributed by atoms with Crippen molar-refractivity contribution < 1.29 is 13.2 Å². The van der Waals surface area contributed by atoms with E-state index in [1.807, 2.05) is 0 Å². The van der Waals surface area contributed by atoms with Crippen LogP contribution in [0.3, 0.4) is 0 Å². The van der Waals surface area contributed by atoms with E-state index in [-0.39, 0.29) is 23.5 Å².